The number of nitrogens with zero attached hydrogens (tertiary/aromatic N) is 1. The Bertz CT molecular complexity index is 1060. The van der Waals surface area contributed by atoms with E-state index in [0.29, 0.717) is 18.8 Å². The summed E-state index contributed by atoms with van der Waals surface area (Å²) in [5.41, 5.74) is 5.33. The molecule has 0 radical (unpaired) electrons. The monoisotopic (exact) mass is 499 g/mol. The third-order valence-electron chi connectivity index (χ3n) is 7.87. The zero-order chi connectivity index (χ0) is 22.8. The van der Waals surface area contributed by atoms with Gasteiger partial charge < -0.3 is 11.1 Å². The number of hydrogen-bond acceptors (Lipinski definition) is 4. The molecular weight excluding hydrogens is 473 g/mol. The molecule has 174 valence electrons. The van der Waals surface area contributed by atoms with Gasteiger partial charge in [-0.15, -0.1) is 0 Å². The molecule has 5 fully saturated rings. The van der Waals surface area contributed by atoms with Crippen molar-refractivity contribution in [2.75, 3.05) is 6.54 Å². The first-order valence-corrected chi connectivity index (χ1v) is 13.3. The van der Waals surface area contributed by atoms with Gasteiger partial charge in [-0.3, -0.25) is 9.59 Å². The van der Waals surface area contributed by atoms with E-state index in [1.54, 1.807) is 0 Å². The molecule has 0 heterocycles. The summed E-state index contributed by atoms with van der Waals surface area (Å²) in [4.78, 5) is 25.2. The van der Waals surface area contributed by atoms with Crippen molar-refractivity contribution >= 4 is 45.0 Å². The van der Waals surface area contributed by atoms with E-state index in [1.807, 2.05) is 0 Å². The molecule has 2 atom stereocenters. The van der Waals surface area contributed by atoms with Crippen LogP contribution < -0.4 is 11.1 Å². The lowest BCUT2D eigenvalue weighted by Crippen LogP contribution is -2.62. The van der Waals surface area contributed by atoms with Crippen LogP contribution in [0.25, 0.3) is 0 Å². The topological polar surface area (TPSA) is 110 Å². The average molecular weight is 500 g/mol. The zero-order valence-electron chi connectivity index (χ0n) is 17.6. The molecule has 5 aliphatic carbocycles. The standard InChI is InChI=1S/C22H27Cl2N3O4S/c23-17-4-3-16(7-18(17)24)32(30,31)27(15-1-2-15)11-19(28)26-20-13-5-12-6-14(20)10-22(8-12,9-13)21(25)29/h3-4,7,12-15,20H,1-2,5-6,8-11H2,(H2,25,29)(H,26,28). The molecule has 0 spiro atoms. The first-order chi connectivity index (χ1) is 15.1. The SMILES string of the molecule is NC(=O)C12CC3CC(C1)C(NC(=O)CN(C1CC1)S(=O)(=O)c1ccc(Cl)c(Cl)c1)C(C3)C2. The van der Waals surface area contributed by atoms with Crippen molar-refractivity contribution in [3.63, 3.8) is 0 Å². The van der Waals surface area contributed by atoms with Crippen molar-refractivity contribution in [3.05, 3.63) is 28.2 Å². The highest BCUT2D eigenvalue weighted by Crippen LogP contribution is 2.59. The molecule has 0 aromatic heterocycles. The maximum Gasteiger partial charge on any atom is 0.243 e. The van der Waals surface area contributed by atoms with E-state index in [2.05, 4.69) is 5.32 Å². The predicted octanol–water partition coefficient (Wildman–Crippen LogP) is 2.94. The van der Waals surface area contributed by atoms with E-state index in [-0.39, 0.29) is 57.2 Å². The lowest BCUT2D eigenvalue weighted by Gasteiger charge is -2.58. The molecule has 1 aromatic carbocycles. The molecule has 2 amide bonds. The first kappa shape index (κ1) is 22.4. The van der Waals surface area contributed by atoms with Gasteiger partial charge in [0.15, 0.2) is 0 Å². The zero-order valence-corrected chi connectivity index (χ0v) is 19.9. The van der Waals surface area contributed by atoms with Crippen molar-refractivity contribution in [1.82, 2.24) is 9.62 Å². The van der Waals surface area contributed by atoms with Crippen LogP contribution in [0.5, 0.6) is 0 Å². The number of carbonyl (C=O) groups is 2. The number of amides is 2. The van der Waals surface area contributed by atoms with E-state index in [4.69, 9.17) is 28.9 Å². The summed E-state index contributed by atoms with van der Waals surface area (Å²) >= 11 is 12.0. The maximum atomic E-state index is 13.3. The summed E-state index contributed by atoms with van der Waals surface area (Å²) < 4.78 is 27.8. The summed E-state index contributed by atoms with van der Waals surface area (Å²) in [6, 6.07) is 3.98. The van der Waals surface area contributed by atoms with Crippen LogP contribution in [-0.4, -0.2) is 43.2 Å². The van der Waals surface area contributed by atoms with E-state index in [1.165, 1.54) is 22.5 Å². The number of halogens is 2. The van der Waals surface area contributed by atoms with Crippen LogP contribution in [0.3, 0.4) is 0 Å². The molecule has 5 saturated carbocycles. The Kier molecular flexibility index (Phi) is 5.51. The predicted molar refractivity (Wildman–Crippen MR) is 120 cm³/mol. The molecule has 5 aliphatic rings. The second kappa shape index (κ2) is 7.86. The third-order valence-corrected chi connectivity index (χ3v) is 10.5. The van der Waals surface area contributed by atoms with Gasteiger partial charge in [0.05, 0.1) is 21.5 Å². The molecule has 0 saturated heterocycles. The van der Waals surface area contributed by atoms with Gasteiger partial charge in [-0.25, -0.2) is 8.42 Å². The van der Waals surface area contributed by atoms with Gasteiger partial charge in [0.1, 0.15) is 0 Å². The minimum Gasteiger partial charge on any atom is -0.369 e. The smallest absolute Gasteiger partial charge is 0.243 e. The van der Waals surface area contributed by atoms with Crippen molar-refractivity contribution in [2.24, 2.45) is 28.9 Å². The van der Waals surface area contributed by atoms with Crippen molar-refractivity contribution in [3.8, 4) is 0 Å². The van der Waals surface area contributed by atoms with Gasteiger partial charge in [0.25, 0.3) is 0 Å². The Labute approximate surface area is 198 Å². The van der Waals surface area contributed by atoms with E-state index in [9.17, 15) is 18.0 Å². The number of benzene rings is 1. The fourth-order valence-electron chi connectivity index (χ4n) is 6.48. The number of nitrogens with two attached hydrogens (primary N) is 1. The number of carbonyl (C=O) groups excluding carboxylic acids is 2. The van der Waals surface area contributed by atoms with Crippen LogP contribution in [-0.2, 0) is 19.6 Å². The minimum atomic E-state index is -3.89. The number of sulfonamides is 1. The number of primary amides is 1. The minimum absolute atomic E-state index is 0.0275. The van der Waals surface area contributed by atoms with E-state index in [0.717, 1.165) is 32.1 Å². The number of nitrogens with one attached hydrogen (secondary N) is 1. The van der Waals surface area contributed by atoms with E-state index < -0.39 is 15.4 Å². The molecule has 7 nitrogen and oxygen atoms in total. The molecule has 2 unspecified atom stereocenters. The lowest BCUT2D eigenvalue weighted by molar-refractivity contribution is -0.147. The Morgan fingerprint density at radius 1 is 1.09 bits per heavy atom. The molecule has 32 heavy (non-hydrogen) atoms. The number of hydrogen-bond donors (Lipinski definition) is 2. The average Bonchev–Trinajstić information content (AvgIpc) is 3.55. The highest BCUT2D eigenvalue weighted by Gasteiger charge is 2.58. The molecule has 6 rings (SSSR count). The van der Waals surface area contributed by atoms with Gasteiger partial charge in [-0.1, -0.05) is 23.2 Å². The second-order valence-electron chi connectivity index (χ2n) is 10.1. The normalized spacial score (nSPS) is 33.5. The molecule has 0 aliphatic heterocycles. The van der Waals surface area contributed by atoms with Gasteiger partial charge in [-0.2, -0.15) is 4.31 Å². The number of rotatable bonds is 7. The molecule has 3 N–H and O–H groups in total. The van der Waals surface area contributed by atoms with Crippen LogP contribution in [0.15, 0.2) is 23.1 Å². The fourth-order valence-corrected chi connectivity index (χ4v) is 8.51. The van der Waals surface area contributed by atoms with Gasteiger partial charge >= 0.3 is 0 Å². The summed E-state index contributed by atoms with van der Waals surface area (Å²) in [6.45, 7) is -0.229. The Morgan fingerprint density at radius 2 is 1.75 bits per heavy atom. The first-order valence-electron chi connectivity index (χ1n) is 11.2. The highest BCUT2D eigenvalue weighted by molar-refractivity contribution is 7.89. The fraction of sp³-hybridized carbons (Fsp3) is 0.636. The van der Waals surface area contributed by atoms with Crippen molar-refractivity contribution in [2.45, 2.75) is 61.9 Å². The van der Waals surface area contributed by atoms with E-state index >= 15 is 0 Å². The Balaban J connectivity index is 1.31. The quantitative estimate of drug-likeness (QED) is 0.600. The highest BCUT2D eigenvalue weighted by atomic mass is 35.5. The van der Waals surface area contributed by atoms with Crippen molar-refractivity contribution < 1.29 is 18.0 Å². The molecule has 4 bridgehead atoms. The van der Waals surface area contributed by atoms with Crippen molar-refractivity contribution in [1.29, 1.82) is 0 Å². The van der Waals surface area contributed by atoms with Crippen LogP contribution in [0.4, 0.5) is 0 Å². The van der Waals surface area contributed by atoms with Crippen LogP contribution in [0.2, 0.25) is 10.0 Å². The largest absolute Gasteiger partial charge is 0.369 e. The summed E-state index contributed by atoms with van der Waals surface area (Å²) in [5.74, 6) is 0.420. The maximum absolute atomic E-state index is 13.3. The van der Waals surface area contributed by atoms with Gasteiger partial charge in [0, 0.05) is 17.5 Å². The van der Waals surface area contributed by atoms with Gasteiger partial charge in [0.2, 0.25) is 21.8 Å². The van der Waals surface area contributed by atoms with Crippen LogP contribution >= 0.6 is 23.2 Å². The van der Waals surface area contributed by atoms with Crippen LogP contribution in [0, 0.1) is 23.2 Å². The summed E-state index contributed by atoms with van der Waals surface area (Å²) in [6.07, 6.45) is 5.74. The molecule has 1 aromatic rings. The Morgan fingerprint density at radius 3 is 2.31 bits per heavy atom. The Hall–Kier alpha value is -1.35. The lowest BCUT2D eigenvalue weighted by atomic mass is 9.47. The molecular formula is C22H27Cl2N3O4S. The third kappa shape index (κ3) is 3.83. The van der Waals surface area contributed by atoms with Crippen LogP contribution in [0.1, 0.15) is 44.9 Å². The summed E-state index contributed by atoms with van der Waals surface area (Å²) in [5, 5.41) is 3.56. The van der Waals surface area contributed by atoms with Gasteiger partial charge in [-0.05, 0) is 80.9 Å². The molecule has 10 heteroatoms. The summed E-state index contributed by atoms with van der Waals surface area (Å²) in [7, 11) is -3.89. The second-order valence-corrected chi connectivity index (χ2v) is 12.8.